The normalized spacial score (nSPS) is 16.6. The molecule has 2 heteroatoms. The molecular weight excluding hydrogens is 210 g/mol. The highest BCUT2D eigenvalue weighted by Gasteiger charge is 2.24. The Hall–Kier alpha value is -0.860. The molecule has 1 aromatic rings. The van der Waals surface area contributed by atoms with Crippen molar-refractivity contribution in [2.24, 2.45) is 11.7 Å². The van der Waals surface area contributed by atoms with Gasteiger partial charge in [-0.2, -0.15) is 0 Å². The molecule has 0 bridgehead atoms. The zero-order valence-corrected chi connectivity index (χ0v) is 11.6. The van der Waals surface area contributed by atoms with Gasteiger partial charge in [0.15, 0.2) is 0 Å². The molecule has 3 atom stereocenters. The second kappa shape index (κ2) is 5.65. The lowest BCUT2D eigenvalue weighted by atomic mass is 9.86. The van der Waals surface area contributed by atoms with Crippen molar-refractivity contribution < 1.29 is 5.11 Å². The van der Waals surface area contributed by atoms with Crippen molar-refractivity contribution in [3.8, 4) is 0 Å². The molecular formula is C15H25NO. The molecule has 0 amide bonds. The minimum Gasteiger partial charge on any atom is -0.391 e. The summed E-state index contributed by atoms with van der Waals surface area (Å²) in [6.07, 6.45) is 0.471. The van der Waals surface area contributed by atoms with Crippen LogP contribution < -0.4 is 5.73 Å². The molecule has 3 N–H and O–H groups in total. The van der Waals surface area contributed by atoms with Gasteiger partial charge in [-0.15, -0.1) is 0 Å². The van der Waals surface area contributed by atoms with Crippen molar-refractivity contribution >= 4 is 0 Å². The molecule has 0 saturated heterocycles. The fraction of sp³-hybridized carbons (Fsp3) is 0.600. The van der Waals surface area contributed by atoms with Gasteiger partial charge >= 0.3 is 0 Å². The van der Waals surface area contributed by atoms with E-state index >= 15 is 0 Å². The van der Waals surface area contributed by atoms with Gasteiger partial charge in [-0.25, -0.2) is 0 Å². The molecule has 0 aliphatic carbocycles. The van der Waals surface area contributed by atoms with Crippen molar-refractivity contribution in [1.29, 1.82) is 0 Å². The Morgan fingerprint density at radius 3 is 2.06 bits per heavy atom. The summed E-state index contributed by atoms with van der Waals surface area (Å²) >= 11 is 0. The van der Waals surface area contributed by atoms with Crippen LogP contribution in [0.2, 0.25) is 0 Å². The van der Waals surface area contributed by atoms with Crippen LogP contribution in [-0.4, -0.2) is 11.2 Å². The molecule has 0 aromatic heterocycles. The van der Waals surface area contributed by atoms with Gasteiger partial charge in [0.2, 0.25) is 0 Å². The Morgan fingerprint density at radius 2 is 1.65 bits per heavy atom. The highest BCUT2D eigenvalue weighted by molar-refractivity contribution is 5.40. The first-order valence-electron chi connectivity index (χ1n) is 6.39. The molecule has 0 spiro atoms. The summed E-state index contributed by atoms with van der Waals surface area (Å²) < 4.78 is 0. The third-order valence-corrected chi connectivity index (χ3v) is 3.67. The summed E-state index contributed by atoms with van der Waals surface area (Å²) in [7, 11) is 0. The Labute approximate surface area is 105 Å². The maximum atomic E-state index is 10.2. The summed E-state index contributed by atoms with van der Waals surface area (Å²) in [6.45, 7) is 10.3. The number of aryl methyl sites for hydroxylation is 3. The molecule has 1 unspecified atom stereocenters. The SMILES string of the molecule is CCC(C)[C@@H](O)[C@@H](N)c1c(C)cc(C)cc1C. The fourth-order valence-corrected chi connectivity index (χ4v) is 2.48. The van der Waals surface area contributed by atoms with E-state index in [-0.39, 0.29) is 12.0 Å². The number of nitrogens with two attached hydrogens (primary N) is 1. The number of aliphatic hydroxyl groups excluding tert-OH is 1. The number of rotatable bonds is 4. The lowest BCUT2D eigenvalue weighted by molar-refractivity contribution is 0.0875. The van der Waals surface area contributed by atoms with Crippen molar-refractivity contribution in [2.45, 2.75) is 53.2 Å². The largest absolute Gasteiger partial charge is 0.391 e. The Morgan fingerprint density at radius 1 is 1.18 bits per heavy atom. The zero-order valence-electron chi connectivity index (χ0n) is 11.6. The topological polar surface area (TPSA) is 46.2 Å². The number of aliphatic hydroxyl groups is 1. The van der Waals surface area contributed by atoms with Crippen LogP contribution >= 0.6 is 0 Å². The van der Waals surface area contributed by atoms with E-state index < -0.39 is 6.10 Å². The van der Waals surface area contributed by atoms with Crippen LogP contribution in [0.4, 0.5) is 0 Å². The molecule has 1 rings (SSSR count). The van der Waals surface area contributed by atoms with Gasteiger partial charge in [0.1, 0.15) is 0 Å². The minimum atomic E-state index is -0.472. The second-order valence-corrected chi connectivity index (χ2v) is 5.21. The molecule has 0 saturated carbocycles. The van der Waals surface area contributed by atoms with Crippen LogP contribution in [0, 0.1) is 26.7 Å². The monoisotopic (exact) mass is 235 g/mol. The van der Waals surface area contributed by atoms with Crippen LogP contribution in [0.5, 0.6) is 0 Å². The van der Waals surface area contributed by atoms with Gasteiger partial charge in [0.05, 0.1) is 12.1 Å². The van der Waals surface area contributed by atoms with E-state index in [1.807, 2.05) is 6.92 Å². The average Bonchev–Trinajstić information content (AvgIpc) is 2.25. The third kappa shape index (κ3) is 3.08. The van der Waals surface area contributed by atoms with Gasteiger partial charge in [0, 0.05) is 0 Å². The lowest BCUT2D eigenvalue weighted by Crippen LogP contribution is -2.32. The predicted molar refractivity (Wildman–Crippen MR) is 73.0 cm³/mol. The second-order valence-electron chi connectivity index (χ2n) is 5.21. The fourth-order valence-electron chi connectivity index (χ4n) is 2.48. The van der Waals surface area contributed by atoms with Crippen molar-refractivity contribution in [3.05, 3.63) is 34.4 Å². The van der Waals surface area contributed by atoms with Gasteiger partial charge in [-0.1, -0.05) is 38.0 Å². The van der Waals surface area contributed by atoms with Crippen LogP contribution in [0.15, 0.2) is 12.1 Å². The number of hydrogen-bond donors (Lipinski definition) is 2. The maximum Gasteiger partial charge on any atom is 0.0758 e. The van der Waals surface area contributed by atoms with E-state index in [9.17, 15) is 5.11 Å². The molecule has 0 aliphatic heterocycles. The van der Waals surface area contributed by atoms with E-state index in [0.29, 0.717) is 0 Å². The summed E-state index contributed by atoms with van der Waals surface area (Å²) in [5, 5.41) is 10.2. The quantitative estimate of drug-likeness (QED) is 0.842. The molecule has 96 valence electrons. The molecule has 17 heavy (non-hydrogen) atoms. The van der Waals surface area contributed by atoms with E-state index in [0.717, 1.165) is 12.0 Å². The van der Waals surface area contributed by atoms with Crippen LogP contribution in [0.1, 0.15) is 48.6 Å². The average molecular weight is 235 g/mol. The highest BCUT2D eigenvalue weighted by Crippen LogP contribution is 2.27. The third-order valence-electron chi connectivity index (χ3n) is 3.67. The Balaban J connectivity index is 3.08. The smallest absolute Gasteiger partial charge is 0.0758 e. The molecule has 0 radical (unpaired) electrons. The molecule has 1 aromatic carbocycles. The zero-order chi connectivity index (χ0) is 13.2. The van der Waals surface area contributed by atoms with Crippen LogP contribution in [0.3, 0.4) is 0 Å². The summed E-state index contributed by atoms with van der Waals surface area (Å²) in [6, 6.07) is 3.97. The number of hydrogen-bond acceptors (Lipinski definition) is 2. The summed E-state index contributed by atoms with van der Waals surface area (Å²) in [4.78, 5) is 0. The van der Waals surface area contributed by atoms with Crippen molar-refractivity contribution in [3.63, 3.8) is 0 Å². The minimum absolute atomic E-state index is 0.227. The predicted octanol–water partition coefficient (Wildman–Crippen LogP) is 3.02. The van der Waals surface area contributed by atoms with E-state index in [4.69, 9.17) is 5.73 Å². The van der Waals surface area contributed by atoms with E-state index in [1.165, 1.54) is 16.7 Å². The lowest BCUT2D eigenvalue weighted by Gasteiger charge is -2.27. The van der Waals surface area contributed by atoms with Crippen molar-refractivity contribution in [2.75, 3.05) is 0 Å². The first-order valence-corrected chi connectivity index (χ1v) is 6.39. The van der Waals surface area contributed by atoms with Crippen LogP contribution in [0.25, 0.3) is 0 Å². The molecule has 0 fully saturated rings. The number of benzene rings is 1. The molecule has 2 nitrogen and oxygen atoms in total. The maximum absolute atomic E-state index is 10.2. The molecule has 0 heterocycles. The first kappa shape index (κ1) is 14.2. The van der Waals surface area contributed by atoms with Crippen LogP contribution in [-0.2, 0) is 0 Å². The van der Waals surface area contributed by atoms with Gasteiger partial charge in [-0.3, -0.25) is 0 Å². The van der Waals surface area contributed by atoms with Crippen molar-refractivity contribution in [1.82, 2.24) is 0 Å². The Kier molecular flexibility index (Phi) is 4.72. The van der Waals surface area contributed by atoms with E-state index in [1.54, 1.807) is 0 Å². The Bertz CT molecular complexity index is 364. The van der Waals surface area contributed by atoms with E-state index in [2.05, 4.69) is 39.8 Å². The summed E-state index contributed by atoms with van der Waals surface area (Å²) in [5.41, 5.74) is 10.9. The molecule has 0 aliphatic rings. The first-order chi connectivity index (χ1) is 7.88. The summed E-state index contributed by atoms with van der Waals surface area (Å²) in [5.74, 6) is 0.227. The van der Waals surface area contributed by atoms with Gasteiger partial charge < -0.3 is 10.8 Å². The van der Waals surface area contributed by atoms with Gasteiger partial charge in [0.25, 0.3) is 0 Å². The van der Waals surface area contributed by atoms with Gasteiger partial charge in [-0.05, 0) is 43.4 Å². The highest BCUT2D eigenvalue weighted by atomic mass is 16.3. The standard InChI is InChI=1S/C15H25NO/c1-6-10(3)15(17)14(16)13-11(4)7-9(2)8-12(13)5/h7-8,10,14-15,17H,6,16H2,1-5H3/t10?,14-,15+/m0/s1.